The van der Waals surface area contributed by atoms with Crippen molar-refractivity contribution in [2.24, 2.45) is 23.2 Å². The molecule has 1 heterocycles. The minimum absolute atomic E-state index is 0.0574. The Morgan fingerprint density at radius 2 is 1.85 bits per heavy atom. The summed E-state index contributed by atoms with van der Waals surface area (Å²) in [6.45, 7) is 6.81. The van der Waals surface area contributed by atoms with Crippen LogP contribution in [0.3, 0.4) is 0 Å². The average molecular weight is 355 g/mol. The highest BCUT2D eigenvalue weighted by Gasteiger charge is 2.57. The first kappa shape index (κ1) is 17.3. The van der Waals surface area contributed by atoms with Crippen LogP contribution in [0.2, 0.25) is 0 Å². The van der Waals surface area contributed by atoms with Gasteiger partial charge in [0, 0.05) is 12.8 Å². The molecule has 3 aliphatic carbocycles. The van der Waals surface area contributed by atoms with Gasteiger partial charge in [0.15, 0.2) is 0 Å². The fraction of sp³-hybridized carbons (Fsp3) is 0.571. The Kier molecular flexibility index (Phi) is 3.94. The maximum atomic E-state index is 12.7. The van der Waals surface area contributed by atoms with Crippen LogP contribution >= 0.6 is 0 Å². The van der Waals surface area contributed by atoms with Crippen molar-refractivity contribution in [3.05, 3.63) is 29.8 Å². The molecule has 1 saturated heterocycles. The monoisotopic (exact) mass is 355 g/mol. The fourth-order valence-corrected chi connectivity index (χ4v) is 5.10. The first-order valence-corrected chi connectivity index (χ1v) is 9.46. The van der Waals surface area contributed by atoms with Gasteiger partial charge in [-0.25, -0.2) is 4.79 Å². The fourth-order valence-electron chi connectivity index (χ4n) is 5.10. The first-order chi connectivity index (χ1) is 12.3. The summed E-state index contributed by atoms with van der Waals surface area (Å²) in [5.74, 6) is 0.760. The molecule has 5 nitrogen and oxygen atoms in total. The molecule has 5 heteroatoms. The van der Waals surface area contributed by atoms with E-state index in [9.17, 15) is 14.4 Å². The third-order valence-electron chi connectivity index (χ3n) is 6.93. The van der Waals surface area contributed by atoms with Gasteiger partial charge >= 0.3 is 5.97 Å². The van der Waals surface area contributed by atoms with Crippen LogP contribution in [0.5, 0.6) is 0 Å². The number of anilines is 1. The zero-order chi connectivity index (χ0) is 18.6. The van der Waals surface area contributed by atoms with Crippen LogP contribution in [-0.4, -0.2) is 23.9 Å². The minimum atomic E-state index is -0.373. The quantitative estimate of drug-likeness (QED) is 0.614. The maximum Gasteiger partial charge on any atom is 0.338 e. The van der Waals surface area contributed by atoms with E-state index in [4.69, 9.17) is 4.74 Å². The molecular formula is C21H25NO4. The number of nitrogens with zero attached hydrogens (tertiary/aromatic N) is 1. The molecule has 0 unspecified atom stereocenters. The van der Waals surface area contributed by atoms with E-state index >= 15 is 0 Å². The lowest BCUT2D eigenvalue weighted by atomic mass is 9.45. The van der Waals surface area contributed by atoms with E-state index in [0.717, 1.165) is 11.3 Å². The number of carbonyl (C=O) groups excluding carboxylic acids is 3. The molecule has 2 bridgehead atoms. The molecule has 2 amide bonds. The molecule has 5 rings (SSSR count). The molecular weight excluding hydrogens is 330 g/mol. The highest BCUT2D eigenvalue weighted by atomic mass is 16.5. The number of benzene rings is 1. The van der Waals surface area contributed by atoms with E-state index in [1.165, 1.54) is 6.42 Å². The van der Waals surface area contributed by atoms with Gasteiger partial charge in [0.25, 0.3) is 0 Å². The van der Waals surface area contributed by atoms with Crippen LogP contribution in [0.4, 0.5) is 5.69 Å². The van der Waals surface area contributed by atoms with Crippen molar-refractivity contribution < 1.29 is 19.1 Å². The Bertz CT molecular complexity index is 768. The van der Waals surface area contributed by atoms with Crippen molar-refractivity contribution in [3.63, 3.8) is 0 Å². The molecule has 1 aromatic rings. The number of hydrogen-bond donors (Lipinski definition) is 0. The lowest BCUT2D eigenvalue weighted by molar-refractivity contribution is -0.156. The predicted molar refractivity (Wildman–Crippen MR) is 96.5 cm³/mol. The van der Waals surface area contributed by atoms with Crippen molar-refractivity contribution >= 4 is 23.5 Å². The molecule has 1 aliphatic heterocycles. The summed E-state index contributed by atoms with van der Waals surface area (Å²) in [5, 5.41) is 0. The van der Waals surface area contributed by atoms with E-state index in [1.807, 2.05) is 0 Å². The lowest BCUT2D eigenvalue weighted by Gasteiger charge is -2.61. The summed E-state index contributed by atoms with van der Waals surface area (Å²) >= 11 is 0. The largest absolute Gasteiger partial charge is 0.458 e. The van der Waals surface area contributed by atoms with Crippen LogP contribution in [0, 0.1) is 23.2 Å². The number of hydrogen-bond acceptors (Lipinski definition) is 4. The summed E-state index contributed by atoms with van der Waals surface area (Å²) in [6.07, 6.45) is 2.55. The molecule has 3 saturated carbocycles. The SMILES string of the molecule is C[C@H]1[C@H]2C[C@H](C[C@H]1OC(=O)c1cccc(N3C(=O)CCC3=O)c1)C2(C)C. The number of rotatable bonds is 3. The Hall–Kier alpha value is -2.17. The number of imide groups is 1. The first-order valence-electron chi connectivity index (χ1n) is 9.46. The van der Waals surface area contributed by atoms with Gasteiger partial charge in [0.05, 0.1) is 11.3 Å². The molecule has 1 aromatic carbocycles. The molecule has 0 N–H and O–H groups in total. The highest BCUT2D eigenvalue weighted by molar-refractivity contribution is 6.20. The van der Waals surface area contributed by atoms with Crippen molar-refractivity contribution in [1.29, 1.82) is 0 Å². The summed E-state index contributed by atoms with van der Waals surface area (Å²) in [6, 6.07) is 6.63. The Labute approximate surface area is 153 Å². The van der Waals surface area contributed by atoms with Crippen molar-refractivity contribution in [2.45, 2.75) is 52.6 Å². The normalized spacial score (nSPS) is 32.3. The van der Waals surface area contributed by atoms with E-state index in [1.54, 1.807) is 24.3 Å². The molecule has 26 heavy (non-hydrogen) atoms. The zero-order valence-corrected chi connectivity index (χ0v) is 15.5. The third-order valence-corrected chi connectivity index (χ3v) is 6.93. The van der Waals surface area contributed by atoms with Crippen molar-refractivity contribution in [1.82, 2.24) is 0 Å². The van der Waals surface area contributed by atoms with Gasteiger partial charge in [-0.3, -0.25) is 14.5 Å². The van der Waals surface area contributed by atoms with E-state index < -0.39 is 0 Å². The molecule has 4 aliphatic rings. The predicted octanol–water partition coefficient (Wildman–Crippen LogP) is 3.57. The van der Waals surface area contributed by atoms with Gasteiger partial charge in [0.2, 0.25) is 11.8 Å². The van der Waals surface area contributed by atoms with Crippen molar-refractivity contribution in [2.75, 3.05) is 4.90 Å². The molecule has 4 fully saturated rings. The summed E-state index contributed by atoms with van der Waals surface area (Å²) in [4.78, 5) is 37.7. The van der Waals surface area contributed by atoms with E-state index in [-0.39, 0.29) is 36.7 Å². The topological polar surface area (TPSA) is 63.7 Å². The van der Waals surface area contributed by atoms with Gasteiger partial charge < -0.3 is 4.74 Å². The molecule has 0 spiro atoms. The van der Waals surface area contributed by atoms with Crippen LogP contribution in [0.1, 0.15) is 56.8 Å². The Morgan fingerprint density at radius 1 is 1.15 bits per heavy atom. The number of amides is 2. The number of esters is 1. The van der Waals surface area contributed by atoms with Gasteiger partial charge in [-0.1, -0.05) is 26.8 Å². The van der Waals surface area contributed by atoms with Crippen LogP contribution in [0.15, 0.2) is 24.3 Å². The zero-order valence-electron chi connectivity index (χ0n) is 15.5. The van der Waals surface area contributed by atoms with Crippen molar-refractivity contribution in [3.8, 4) is 0 Å². The lowest BCUT2D eigenvalue weighted by Crippen LogP contribution is -2.57. The highest BCUT2D eigenvalue weighted by Crippen LogP contribution is 2.61. The Morgan fingerprint density at radius 3 is 2.46 bits per heavy atom. The van der Waals surface area contributed by atoms with Crippen LogP contribution < -0.4 is 4.90 Å². The summed E-state index contributed by atoms with van der Waals surface area (Å²) in [5.41, 5.74) is 1.19. The second-order valence-electron chi connectivity index (χ2n) is 8.57. The second-order valence-corrected chi connectivity index (χ2v) is 8.57. The molecule has 138 valence electrons. The second kappa shape index (κ2) is 5.93. The van der Waals surface area contributed by atoms with Gasteiger partial charge in [-0.15, -0.1) is 0 Å². The standard InChI is InChI=1S/C21H25NO4/c1-12-16-10-14(21(16,2)3)11-17(12)26-20(25)13-5-4-6-15(9-13)22-18(23)7-8-19(22)24/h4-6,9,12,14,16-17H,7-8,10-11H2,1-3H3/t12-,14+,16+,17+/m0/s1. The average Bonchev–Trinajstić information content (AvgIpc) is 2.94. The van der Waals surface area contributed by atoms with Gasteiger partial charge in [-0.05, 0) is 54.2 Å². The maximum absolute atomic E-state index is 12.7. The summed E-state index contributed by atoms with van der Waals surface area (Å²) < 4.78 is 5.83. The molecule has 0 aromatic heterocycles. The third kappa shape index (κ3) is 2.56. The minimum Gasteiger partial charge on any atom is -0.458 e. The smallest absolute Gasteiger partial charge is 0.338 e. The Balaban J connectivity index is 1.49. The van der Waals surface area contributed by atoms with Crippen LogP contribution in [-0.2, 0) is 14.3 Å². The van der Waals surface area contributed by atoms with Gasteiger partial charge in [-0.2, -0.15) is 0 Å². The number of ether oxygens (including phenoxy) is 1. The molecule has 0 radical (unpaired) electrons. The summed E-state index contributed by atoms with van der Waals surface area (Å²) in [7, 11) is 0. The number of fused-ring (bicyclic) bond motifs is 2. The van der Waals surface area contributed by atoms with E-state index in [2.05, 4.69) is 20.8 Å². The number of carbonyl (C=O) groups is 3. The molecule has 4 atom stereocenters. The van der Waals surface area contributed by atoms with E-state index in [0.29, 0.717) is 34.4 Å². The van der Waals surface area contributed by atoms with Gasteiger partial charge in [0.1, 0.15) is 6.10 Å². The van der Waals surface area contributed by atoms with Crippen LogP contribution in [0.25, 0.3) is 0 Å².